The highest BCUT2D eigenvalue weighted by Crippen LogP contribution is 2.23. The van der Waals surface area contributed by atoms with Gasteiger partial charge in [-0.25, -0.2) is 4.98 Å². The lowest BCUT2D eigenvalue weighted by molar-refractivity contribution is 0.103. The number of rotatable bonds is 2. The van der Waals surface area contributed by atoms with Crippen molar-refractivity contribution in [2.45, 2.75) is 6.92 Å². The number of fused-ring (bicyclic) bond motifs is 1. The van der Waals surface area contributed by atoms with Crippen LogP contribution >= 0.6 is 22.9 Å². The van der Waals surface area contributed by atoms with Crippen molar-refractivity contribution in [2.75, 3.05) is 5.32 Å². The van der Waals surface area contributed by atoms with E-state index in [-0.39, 0.29) is 5.91 Å². The molecule has 3 aromatic rings. The fraction of sp³-hybridized carbons (Fsp3) is 0.0769. The van der Waals surface area contributed by atoms with E-state index in [2.05, 4.69) is 15.3 Å². The summed E-state index contributed by atoms with van der Waals surface area (Å²) in [4.78, 5) is 20.0. The molecule has 0 spiro atoms. The first-order valence-electron chi connectivity index (χ1n) is 5.65. The Morgan fingerprint density at radius 3 is 2.95 bits per heavy atom. The number of aryl methyl sites for hydroxylation is 1. The Kier molecular flexibility index (Phi) is 3.00. The van der Waals surface area contributed by atoms with E-state index in [1.807, 2.05) is 25.1 Å². The van der Waals surface area contributed by atoms with Crippen LogP contribution in [0.2, 0.25) is 4.34 Å². The number of carbonyl (C=O) groups excluding carboxylic acids is 1. The van der Waals surface area contributed by atoms with Gasteiger partial charge >= 0.3 is 0 Å². The van der Waals surface area contributed by atoms with Gasteiger partial charge in [-0.2, -0.15) is 0 Å². The molecule has 1 amide bonds. The van der Waals surface area contributed by atoms with Gasteiger partial charge in [-0.1, -0.05) is 11.6 Å². The third kappa shape index (κ3) is 2.47. The number of thiophene rings is 1. The van der Waals surface area contributed by atoms with Crippen molar-refractivity contribution in [1.29, 1.82) is 0 Å². The molecule has 0 aliphatic rings. The van der Waals surface area contributed by atoms with Crippen LogP contribution in [-0.2, 0) is 0 Å². The molecule has 4 nitrogen and oxygen atoms in total. The largest absolute Gasteiger partial charge is 0.342 e. The first-order chi connectivity index (χ1) is 9.11. The second-order valence-electron chi connectivity index (χ2n) is 4.11. The highest BCUT2D eigenvalue weighted by molar-refractivity contribution is 7.18. The average Bonchev–Trinajstić information content (AvgIpc) is 2.93. The maximum atomic E-state index is 12.0. The number of hydrogen-bond acceptors (Lipinski definition) is 3. The van der Waals surface area contributed by atoms with E-state index < -0.39 is 0 Å². The smallest absolute Gasteiger partial charge is 0.265 e. The van der Waals surface area contributed by atoms with E-state index >= 15 is 0 Å². The molecule has 2 heterocycles. The number of halogens is 1. The van der Waals surface area contributed by atoms with Gasteiger partial charge in [0.1, 0.15) is 5.82 Å². The van der Waals surface area contributed by atoms with Gasteiger partial charge < -0.3 is 10.3 Å². The fourth-order valence-electron chi connectivity index (χ4n) is 1.84. The standard InChI is InChI=1S/C13H10ClN3OS/c1-7-15-9-3-2-8(6-10(9)16-7)17-13(18)11-4-5-12(14)19-11/h2-6H,1H3,(H,15,16)(H,17,18). The van der Waals surface area contributed by atoms with Crippen LogP contribution in [0, 0.1) is 6.92 Å². The molecule has 6 heteroatoms. The molecule has 0 bridgehead atoms. The maximum Gasteiger partial charge on any atom is 0.265 e. The van der Waals surface area contributed by atoms with Crippen molar-refractivity contribution in [1.82, 2.24) is 9.97 Å². The van der Waals surface area contributed by atoms with Crippen LogP contribution in [0.15, 0.2) is 30.3 Å². The number of nitrogens with zero attached hydrogens (tertiary/aromatic N) is 1. The van der Waals surface area contributed by atoms with Gasteiger partial charge in [0.25, 0.3) is 5.91 Å². The summed E-state index contributed by atoms with van der Waals surface area (Å²) < 4.78 is 0.602. The zero-order chi connectivity index (χ0) is 13.4. The van der Waals surface area contributed by atoms with E-state index in [0.717, 1.165) is 22.5 Å². The van der Waals surface area contributed by atoms with Crippen LogP contribution in [0.3, 0.4) is 0 Å². The molecule has 0 fully saturated rings. The van der Waals surface area contributed by atoms with Crippen molar-refractivity contribution in [3.05, 3.63) is 45.4 Å². The Morgan fingerprint density at radius 1 is 1.37 bits per heavy atom. The number of aromatic nitrogens is 2. The van der Waals surface area contributed by atoms with E-state index in [0.29, 0.717) is 9.21 Å². The Bertz CT molecular complexity index is 762. The van der Waals surface area contributed by atoms with Crippen LogP contribution in [0.5, 0.6) is 0 Å². The number of imidazole rings is 1. The average molecular weight is 292 g/mol. The molecular formula is C13H10ClN3OS. The molecule has 96 valence electrons. The molecule has 0 saturated heterocycles. The van der Waals surface area contributed by atoms with Crippen LogP contribution in [0.1, 0.15) is 15.5 Å². The minimum atomic E-state index is -0.160. The number of H-pyrrole nitrogens is 1. The Hall–Kier alpha value is -1.85. The van der Waals surface area contributed by atoms with Crippen molar-refractivity contribution in [2.24, 2.45) is 0 Å². The summed E-state index contributed by atoms with van der Waals surface area (Å²) in [7, 11) is 0. The fourth-order valence-corrected chi connectivity index (χ4v) is 2.78. The van der Waals surface area contributed by atoms with Crippen molar-refractivity contribution < 1.29 is 4.79 Å². The Labute approximate surface area is 118 Å². The minimum absolute atomic E-state index is 0.160. The summed E-state index contributed by atoms with van der Waals surface area (Å²) in [5, 5.41) is 2.84. The van der Waals surface area contributed by atoms with Gasteiger partial charge in [-0.3, -0.25) is 4.79 Å². The molecule has 0 aliphatic carbocycles. The number of aromatic amines is 1. The number of anilines is 1. The molecule has 0 atom stereocenters. The predicted molar refractivity (Wildman–Crippen MR) is 78.1 cm³/mol. The predicted octanol–water partition coefficient (Wildman–Crippen LogP) is 3.84. The Morgan fingerprint density at radius 2 is 2.21 bits per heavy atom. The van der Waals surface area contributed by atoms with Gasteiger partial charge in [0.05, 0.1) is 20.2 Å². The second-order valence-corrected chi connectivity index (χ2v) is 5.83. The normalized spacial score (nSPS) is 10.8. The highest BCUT2D eigenvalue weighted by atomic mass is 35.5. The highest BCUT2D eigenvalue weighted by Gasteiger charge is 2.09. The zero-order valence-electron chi connectivity index (χ0n) is 10.0. The van der Waals surface area contributed by atoms with Gasteiger partial charge in [-0.15, -0.1) is 11.3 Å². The number of benzene rings is 1. The van der Waals surface area contributed by atoms with Gasteiger partial charge in [0, 0.05) is 5.69 Å². The lowest BCUT2D eigenvalue weighted by Crippen LogP contribution is -2.09. The molecule has 2 N–H and O–H groups in total. The van der Waals surface area contributed by atoms with E-state index in [1.165, 1.54) is 11.3 Å². The molecule has 0 unspecified atom stereocenters. The third-order valence-corrected chi connectivity index (χ3v) is 3.89. The summed E-state index contributed by atoms with van der Waals surface area (Å²) in [6.07, 6.45) is 0. The molecule has 19 heavy (non-hydrogen) atoms. The molecular weight excluding hydrogens is 282 g/mol. The Balaban J connectivity index is 1.86. The van der Waals surface area contributed by atoms with Gasteiger partial charge in [0.15, 0.2) is 0 Å². The van der Waals surface area contributed by atoms with Crippen LogP contribution in [-0.4, -0.2) is 15.9 Å². The first-order valence-corrected chi connectivity index (χ1v) is 6.84. The van der Waals surface area contributed by atoms with Crippen LogP contribution in [0.4, 0.5) is 5.69 Å². The second kappa shape index (κ2) is 4.68. The maximum absolute atomic E-state index is 12.0. The molecule has 0 aliphatic heterocycles. The minimum Gasteiger partial charge on any atom is -0.342 e. The summed E-state index contributed by atoms with van der Waals surface area (Å²) in [6.45, 7) is 1.89. The van der Waals surface area contributed by atoms with Crippen LogP contribution in [0.25, 0.3) is 11.0 Å². The molecule has 0 radical (unpaired) electrons. The molecule has 0 saturated carbocycles. The van der Waals surface area contributed by atoms with Crippen molar-refractivity contribution in [3.8, 4) is 0 Å². The van der Waals surface area contributed by atoms with Crippen LogP contribution < -0.4 is 5.32 Å². The monoisotopic (exact) mass is 291 g/mol. The molecule has 1 aromatic carbocycles. The van der Waals surface area contributed by atoms with E-state index in [1.54, 1.807) is 12.1 Å². The summed E-state index contributed by atoms with van der Waals surface area (Å²) in [5.74, 6) is 0.691. The topological polar surface area (TPSA) is 57.8 Å². The first kappa shape index (κ1) is 12.2. The number of amides is 1. The zero-order valence-corrected chi connectivity index (χ0v) is 11.6. The number of hydrogen-bond donors (Lipinski definition) is 2. The lowest BCUT2D eigenvalue weighted by atomic mass is 10.2. The SMILES string of the molecule is Cc1nc2ccc(NC(=O)c3ccc(Cl)s3)cc2[nH]1. The number of nitrogens with one attached hydrogen (secondary N) is 2. The third-order valence-electron chi connectivity index (χ3n) is 2.66. The van der Waals surface area contributed by atoms with E-state index in [4.69, 9.17) is 11.6 Å². The van der Waals surface area contributed by atoms with Gasteiger partial charge in [-0.05, 0) is 37.3 Å². The van der Waals surface area contributed by atoms with Crippen molar-refractivity contribution >= 4 is 45.6 Å². The number of carbonyl (C=O) groups is 1. The van der Waals surface area contributed by atoms with E-state index in [9.17, 15) is 4.79 Å². The summed E-state index contributed by atoms with van der Waals surface area (Å²) >= 11 is 7.07. The van der Waals surface area contributed by atoms with Crippen molar-refractivity contribution in [3.63, 3.8) is 0 Å². The lowest BCUT2D eigenvalue weighted by Gasteiger charge is -2.03. The summed E-state index contributed by atoms with van der Waals surface area (Å²) in [5.41, 5.74) is 2.51. The molecule has 3 rings (SSSR count). The van der Waals surface area contributed by atoms with Gasteiger partial charge in [0.2, 0.25) is 0 Å². The quantitative estimate of drug-likeness (QED) is 0.754. The summed E-state index contributed by atoms with van der Waals surface area (Å²) in [6, 6.07) is 8.98. The molecule has 2 aromatic heterocycles.